The number of nitrogens with zero attached hydrogens (tertiary/aromatic N) is 6. The highest BCUT2D eigenvalue weighted by molar-refractivity contribution is 5.91. The lowest BCUT2D eigenvalue weighted by molar-refractivity contribution is 0.0821. The van der Waals surface area contributed by atoms with Crippen LogP contribution in [0.4, 0.5) is 0 Å². The molecule has 0 spiro atoms. The topological polar surface area (TPSA) is 128 Å². The second-order valence-corrected chi connectivity index (χ2v) is 7.68. The van der Waals surface area contributed by atoms with Crippen LogP contribution in [0.1, 0.15) is 16.9 Å². The van der Waals surface area contributed by atoms with Gasteiger partial charge in [-0.1, -0.05) is 0 Å². The van der Waals surface area contributed by atoms with Crippen LogP contribution in [0.25, 0.3) is 22.6 Å². The van der Waals surface area contributed by atoms with E-state index in [1.54, 1.807) is 26.4 Å². The molecule has 0 bridgehead atoms. The first-order valence-electron chi connectivity index (χ1n) is 10.3. The molecule has 11 heteroatoms. The monoisotopic (exact) mass is 447 g/mol. The number of benzene rings is 1. The number of H-pyrrole nitrogens is 1. The van der Waals surface area contributed by atoms with Gasteiger partial charge in [0, 0.05) is 32.1 Å². The van der Waals surface area contributed by atoms with Crippen LogP contribution in [0.3, 0.4) is 0 Å². The number of nitrogens with one attached hydrogen (secondary N) is 1. The number of hydrogen-bond acceptors (Lipinski definition) is 9. The maximum Gasteiger partial charge on any atom is 0.273 e. The highest BCUT2D eigenvalue weighted by Gasteiger charge is 2.19. The Bertz CT molecular complexity index is 1250. The third-order valence-corrected chi connectivity index (χ3v) is 4.98. The Morgan fingerprint density at radius 3 is 2.73 bits per heavy atom. The van der Waals surface area contributed by atoms with Crippen molar-refractivity contribution in [2.24, 2.45) is 0 Å². The van der Waals surface area contributed by atoms with Gasteiger partial charge in [-0.3, -0.25) is 4.79 Å². The molecule has 4 heterocycles. The summed E-state index contributed by atoms with van der Waals surface area (Å²) in [5.74, 6) is 1.69. The molecule has 0 saturated carbocycles. The third kappa shape index (κ3) is 4.58. The molecule has 11 nitrogen and oxygen atoms in total. The van der Waals surface area contributed by atoms with Crippen LogP contribution in [0.2, 0.25) is 0 Å². The van der Waals surface area contributed by atoms with Gasteiger partial charge in [0.2, 0.25) is 5.88 Å². The second kappa shape index (κ2) is 8.79. The van der Waals surface area contributed by atoms with Crippen molar-refractivity contribution in [3.05, 3.63) is 48.8 Å². The minimum atomic E-state index is -0.237. The van der Waals surface area contributed by atoms with E-state index in [-0.39, 0.29) is 23.6 Å². The number of imidazole rings is 1. The van der Waals surface area contributed by atoms with E-state index < -0.39 is 0 Å². The van der Waals surface area contributed by atoms with Crippen molar-refractivity contribution in [3.8, 4) is 28.8 Å². The molecule has 1 aromatic carbocycles. The standard InChI is InChI=1S/C22H21N7O4/c1-29(2)22(30)18-9-25-19(10-24-18)33-16-6-13(5-15(7-16)32-14-3-4-31-11-14)20-27-17-8-23-12-26-21(17)28-20/h5-10,12,14H,3-4,11H2,1-2H3,(H,23,26,27,28)/t14-/m0/s1. The van der Waals surface area contributed by atoms with Gasteiger partial charge in [-0.25, -0.2) is 24.9 Å². The van der Waals surface area contributed by atoms with Gasteiger partial charge >= 0.3 is 0 Å². The normalized spacial score (nSPS) is 15.5. The summed E-state index contributed by atoms with van der Waals surface area (Å²) in [7, 11) is 3.31. The molecule has 0 unspecified atom stereocenters. The first-order valence-corrected chi connectivity index (χ1v) is 10.3. The molecule has 1 N–H and O–H groups in total. The predicted octanol–water partition coefficient (Wildman–Crippen LogP) is 2.47. The summed E-state index contributed by atoms with van der Waals surface area (Å²) in [5.41, 5.74) is 2.25. The highest BCUT2D eigenvalue weighted by Crippen LogP contribution is 2.32. The van der Waals surface area contributed by atoms with E-state index in [0.29, 0.717) is 36.2 Å². The molecule has 1 aliphatic rings. The zero-order valence-corrected chi connectivity index (χ0v) is 18.1. The average Bonchev–Trinajstić information content (AvgIpc) is 3.48. The fourth-order valence-corrected chi connectivity index (χ4v) is 3.36. The van der Waals surface area contributed by atoms with Crippen LogP contribution in [-0.2, 0) is 4.74 Å². The van der Waals surface area contributed by atoms with Crippen LogP contribution in [0, 0.1) is 0 Å². The van der Waals surface area contributed by atoms with Crippen LogP contribution in [0.15, 0.2) is 43.1 Å². The molecule has 1 aliphatic heterocycles. The zero-order valence-electron chi connectivity index (χ0n) is 18.1. The second-order valence-electron chi connectivity index (χ2n) is 7.68. The minimum absolute atomic E-state index is 0.0363. The zero-order chi connectivity index (χ0) is 22.8. The van der Waals surface area contributed by atoms with Gasteiger partial charge < -0.3 is 24.1 Å². The number of ether oxygens (including phenoxy) is 3. The van der Waals surface area contributed by atoms with Crippen molar-refractivity contribution >= 4 is 17.1 Å². The summed E-state index contributed by atoms with van der Waals surface area (Å²) in [6.07, 6.45) is 6.68. The summed E-state index contributed by atoms with van der Waals surface area (Å²) >= 11 is 0. The summed E-state index contributed by atoms with van der Waals surface area (Å²) in [6.45, 7) is 1.21. The molecular formula is C22H21N7O4. The van der Waals surface area contributed by atoms with E-state index >= 15 is 0 Å². The van der Waals surface area contributed by atoms with Crippen LogP contribution in [0.5, 0.6) is 17.4 Å². The van der Waals surface area contributed by atoms with Gasteiger partial charge in [0.25, 0.3) is 5.91 Å². The molecule has 1 fully saturated rings. The number of aromatic amines is 1. The predicted molar refractivity (Wildman–Crippen MR) is 117 cm³/mol. The van der Waals surface area contributed by atoms with Gasteiger partial charge in [-0.05, 0) is 12.1 Å². The lowest BCUT2D eigenvalue weighted by Crippen LogP contribution is -2.22. The fourth-order valence-electron chi connectivity index (χ4n) is 3.36. The largest absolute Gasteiger partial charge is 0.488 e. The molecule has 33 heavy (non-hydrogen) atoms. The molecule has 1 saturated heterocycles. The molecule has 4 aromatic rings. The summed E-state index contributed by atoms with van der Waals surface area (Å²) in [6, 6.07) is 5.45. The number of amides is 1. The van der Waals surface area contributed by atoms with Crippen molar-refractivity contribution in [1.82, 2.24) is 34.8 Å². The number of fused-ring (bicyclic) bond motifs is 1. The number of aromatic nitrogens is 6. The maximum atomic E-state index is 12.0. The molecule has 0 radical (unpaired) electrons. The van der Waals surface area contributed by atoms with Gasteiger partial charge in [-0.15, -0.1) is 0 Å². The Kier molecular flexibility index (Phi) is 5.53. The third-order valence-electron chi connectivity index (χ3n) is 4.98. The molecular weight excluding hydrogens is 426 g/mol. The quantitative estimate of drug-likeness (QED) is 0.474. The average molecular weight is 447 g/mol. The van der Waals surface area contributed by atoms with E-state index in [1.807, 2.05) is 12.1 Å². The smallest absolute Gasteiger partial charge is 0.273 e. The maximum absolute atomic E-state index is 12.0. The van der Waals surface area contributed by atoms with E-state index in [2.05, 4.69) is 29.9 Å². The van der Waals surface area contributed by atoms with Crippen LogP contribution >= 0.6 is 0 Å². The van der Waals surface area contributed by atoms with E-state index in [0.717, 1.165) is 17.5 Å². The van der Waals surface area contributed by atoms with Gasteiger partial charge in [0.05, 0.1) is 31.8 Å². The fraction of sp³-hybridized carbons (Fsp3) is 0.273. The van der Waals surface area contributed by atoms with E-state index in [4.69, 9.17) is 14.2 Å². The highest BCUT2D eigenvalue weighted by atomic mass is 16.5. The Morgan fingerprint density at radius 1 is 1.12 bits per heavy atom. The molecule has 1 atom stereocenters. The van der Waals surface area contributed by atoms with Crippen molar-refractivity contribution in [1.29, 1.82) is 0 Å². The molecule has 168 valence electrons. The summed E-state index contributed by atoms with van der Waals surface area (Å²) < 4.78 is 17.5. The van der Waals surface area contributed by atoms with Crippen molar-refractivity contribution in [2.45, 2.75) is 12.5 Å². The Balaban J connectivity index is 1.46. The Morgan fingerprint density at radius 2 is 2.00 bits per heavy atom. The number of carbonyl (C=O) groups excluding carboxylic acids is 1. The lowest BCUT2D eigenvalue weighted by Gasteiger charge is -2.14. The summed E-state index contributed by atoms with van der Waals surface area (Å²) in [5, 5.41) is 0. The molecule has 0 aliphatic carbocycles. The Labute approximate surface area is 188 Å². The SMILES string of the molecule is CN(C)C(=O)c1cnc(Oc2cc(O[C@H]3CCOC3)cc(-c3nc4ncncc4[nH]3)c2)cn1. The number of rotatable bonds is 6. The number of carbonyl (C=O) groups is 1. The summed E-state index contributed by atoms with van der Waals surface area (Å²) in [4.78, 5) is 37.8. The molecule has 3 aromatic heterocycles. The van der Waals surface area contributed by atoms with Gasteiger partial charge in [0.1, 0.15) is 41.0 Å². The molecule has 5 rings (SSSR count). The van der Waals surface area contributed by atoms with Crippen molar-refractivity contribution < 1.29 is 19.0 Å². The van der Waals surface area contributed by atoms with E-state index in [1.165, 1.54) is 23.6 Å². The molecule has 1 amide bonds. The minimum Gasteiger partial charge on any atom is -0.488 e. The van der Waals surface area contributed by atoms with Gasteiger partial charge in [0.15, 0.2) is 5.65 Å². The lowest BCUT2D eigenvalue weighted by atomic mass is 10.2. The van der Waals surface area contributed by atoms with Crippen molar-refractivity contribution in [3.63, 3.8) is 0 Å². The first kappa shape index (κ1) is 20.8. The van der Waals surface area contributed by atoms with E-state index in [9.17, 15) is 4.79 Å². The van der Waals surface area contributed by atoms with Crippen LogP contribution < -0.4 is 9.47 Å². The van der Waals surface area contributed by atoms with Crippen LogP contribution in [-0.4, -0.2) is 74.1 Å². The van der Waals surface area contributed by atoms with Gasteiger partial charge in [-0.2, -0.15) is 0 Å². The van der Waals surface area contributed by atoms with Crippen molar-refractivity contribution in [2.75, 3.05) is 27.3 Å². The number of hydrogen-bond donors (Lipinski definition) is 1. The first-order chi connectivity index (χ1) is 16.0. The Hall–Kier alpha value is -4.12.